The molecular weight excluding hydrogens is 238 g/mol. The van der Waals surface area contributed by atoms with Gasteiger partial charge in [-0.25, -0.2) is 0 Å². The summed E-state index contributed by atoms with van der Waals surface area (Å²) in [5.41, 5.74) is 2.98. The molecule has 2 heteroatoms. The van der Waals surface area contributed by atoms with Gasteiger partial charge in [0.2, 0.25) is 0 Å². The van der Waals surface area contributed by atoms with Crippen molar-refractivity contribution in [3.63, 3.8) is 0 Å². The topological polar surface area (TPSA) is 3.24 Å². The summed E-state index contributed by atoms with van der Waals surface area (Å²) in [7, 11) is 0. The minimum Gasteiger partial charge on any atom is -0.371 e. The van der Waals surface area contributed by atoms with Crippen molar-refractivity contribution in [3.05, 3.63) is 29.8 Å². The van der Waals surface area contributed by atoms with Crippen LogP contribution in [-0.2, 0) is 6.42 Å². The van der Waals surface area contributed by atoms with Gasteiger partial charge in [0.1, 0.15) is 0 Å². The van der Waals surface area contributed by atoms with Crippen LogP contribution in [0.2, 0.25) is 0 Å². The number of hydrogen-bond acceptors (Lipinski definition) is 2. The van der Waals surface area contributed by atoms with Gasteiger partial charge in [0.15, 0.2) is 0 Å². The van der Waals surface area contributed by atoms with Crippen LogP contribution in [0.25, 0.3) is 0 Å². The lowest BCUT2D eigenvalue weighted by Crippen LogP contribution is -2.38. The predicted octanol–water partition coefficient (Wildman–Crippen LogP) is 4.03. The fraction of sp³-hybridized carbons (Fsp3) is 0.625. The first kappa shape index (κ1) is 13.8. The molecule has 1 aliphatic rings. The molecule has 1 aromatic carbocycles. The van der Waals surface area contributed by atoms with Gasteiger partial charge in [-0.1, -0.05) is 38.5 Å². The predicted molar refractivity (Wildman–Crippen MR) is 83.8 cm³/mol. The van der Waals surface area contributed by atoms with E-state index in [-0.39, 0.29) is 0 Å². The van der Waals surface area contributed by atoms with Crippen LogP contribution in [0.15, 0.2) is 24.3 Å². The Morgan fingerprint density at radius 3 is 2.89 bits per heavy atom. The van der Waals surface area contributed by atoms with E-state index in [9.17, 15) is 0 Å². The SMILES string of the molecule is CCCC(CS)CN1CC(C)Cc2ccccc21. The molecule has 0 aliphatic carbocycles. The zero-order valence-electron chi connectivity index (χ0n) is 11.6. The Morgan fingerprint density at radius 1 is 1.39 bits per heavy atom. The second kappa shape index (κ2) is 6.51. The number of fused-ring (bicyclic) bond motifs is 1. The van der Waals surface area contributed by atoms with Crippen molar-refractivity contribution >= 4 is 18.3 Å². The second-order valence-electron chi connectivity index (χ2n) is 5.68. The van der Waals surface area contributed by atoms with Gasteiger partial charge >= 0.3 is 0 Å². The number of para-hydroxylation sites is 1. The van der Waals surface area contributed by atoms with Gasteiger partial charge in [-0.05, 0) is 42.1 Å². The van der Waals surface area contributed by atoms with Crippen molar-refractivity contribution < 1.29 is 0 Å². The van der Waals surface area contributed by atoms with Crippen LogP contribution >= 0.6 is 12.6 Å². The fourth-order valence-corrected chi connectivity index (χ4v) is 3.34. The Hall–Kier alpha value is -0.630. The number of rotatable bonds is 5. The van der Waals surface area contributed by atoms with Crippen LogP contribution in [0.1, 0.15) is 32.3 Å². The summed E-state index contributed by atoms with van der Waals surface area (Å²) in [6.07, 6.45) is 3.78. The van der Waals surface area contributed by atoms with Crippen LogP contribution < -0.4 is 4.90 Å². The molecule has 0 bridgehead atoms. The maximum absolute atomic E-state index is 4.52. The molecule has 2 rings (SSSR count). The highest BCUT2D eigenvalue weighted by Crippen LogP contribution is 2.30. The van der Waals surface area contributed by atoms with E-state index in [0.29, 0.717) is 0 Å². The van der Waals surface area contributed by atoms with Gasteiger partial charge in [-0.15, -0.1) is 0 Å². The minimum absolute atomic E-state index is 0.719. The molecule has 0 fully saturated rings. The van der Waals surface area contributed by atoms with Gasteiger partial charge in [0.25, 0.3) is 0 Å². The van der Waals surface area contributed by atoms with Crippen molar-refractivity contribution in [1.82, 2.24) is 0 Å². The third-order valence-electron chi connectivity index (χ3n) is 3.87. The lowest BCUT2D eigenvalue weighted by atomic mass is 9.92. The standard InChI is InChI=1S/C16H25NS/c1-3-6-14(12-18)11-17-10-13(2)9-15-7-4-5-8-16(15)17/h4-5,7-8,13-14,18H,3,6,9-12H2,1-2H3. The largest absolute Gasteiger partial charge is 0.371 e. The molecule has 1 heterocycles. The summed E-state index contributed by atoms with van der Waals surface area (Å²) in [4.78, 5) is 2.58. The highest BCUT2D eigenvalue weighted by Gasteiger charge is 2.22. The Labute approximate surface area is 117 Å². The normalized spacial score (nSPS) is 20.6. The molecule has 0 spiro atoms. The Balaban J connectivity index is 2.13. The van der Waals surface area contributed by atoms with Crippen LogP contribution in [0.4, 0.5) is 5.69 Å². The van der Waals surface area contributed by atoms with Crippen molar-refractivity contribution in [2.24, 2.45) is 11.8 Å². The van der Waals surface area contributed by atoms with Crippen LogP contribution in [0.5, 0.6) is 0 Å². The van der Waals surface area contributed by atoms with Gasteiger partial charge in [0, 0.05) is 18.8 Å². The van der Waals surface area contributed by atoms with Crippen molar-refractivity contribution in [1.29, 1.82) is 0 Å². The molecule has 0 radical (unpaired) electrons. The Bertz CT molecular complexity index is 377. The van der Waals surface area contributed by atoms with Crippen molar-refractivity contribution in [2.75, 3.05) is 23.7 Å². The van der Waals surface area contributed by atoms with E-state index in [4.69, 9.17) is 0 Å². The molecule has 100 valence electrons. The van der Waals surface area contributed by atoms with E-state index in [0.717, 1.165) is 17.6 Å². The average molecular weight is 263 g/mol. The molecule has 0 saturated heterocycles. The molecule has 0 amide bonds. The molecule has 2 unspecified atom stereocenters. The van der Waals surface area contributed by atoms with E-state index in [1.54, 1.807) is 0 Å². The quantitative estimate of drug-likeness (QED) is 0.785. The highest BCUT2D eigenvalue weighted by atomic mass is 32.1. The summed E-state index contributed by atoms with van der Waals surface area (Å²) in [5.74, 6) is 2.49. The molecule has 0 aromatic heterocycles. The fourth-order valence-electron chi connectivity index (χ4n) is 3.04. The molecule has 1 nitrogen and oxygen atoms in total. The number of hydrogen-bond donors (Lipinski definition) is 1. The first-order chi connectivity index (χ1) is 8.74. The van der Waals surface area contributed by atoms with Gasteiger partial charge < -0.3 is 4.90 Å². The maximum atomic E-state index is 4.52. The van der Waals surface area contributed by atoms with Gasteiger partial charge in [-0.3, -0.25) is 0 Å². The molecule has 1 aliphatic heterocycles. The minimum atomic E-state index is 0.719. The molecule has 1 aromatic rings. The number of thiol groups is 1. The third-order valence-corrected chi connectivity index (χ3v) is 4.38. The highest BCUT2D eigenvalue weighted by molar-refractivity contribution is 7.80. The zero-order chi connectivity index (χ0) is 13.0. The monoisotopic (exact) mass is 263 g/mol. The van der Waals surface area contributed by atoms with Crippen molar-refractivity contribution in [3.8, 4) is 0 Å². The van der Waals surface area contributed by atoms with Crippen LogP contribution in [0, 0.1) is 11.8 Å². The summed E-state index contributed by atoms with van der Waals surface area (Å²) in [5, 5.41) is 0. The second-order valence-corrected chi connectivity index (χ2v) is 6.05. The van der Waals surface area contributed by atoms with E-state index in [2.05, 4.69) is 55.6 Å². The molecule has 0 N–H and O–H groups in total. The van der Waals surface area contributed by atoms with E-state index >= 15 is 0 Å². The zero-order valence-corrected chi connectivity index (χ0v) is 12.5. The maximum Gasteiger partial charge on any atom is 0.0399 e. The summed E-state index contributed by atoms with van der Waals surface area (Å²) in [6.45, 7) is 6.99. The van der Waals surface area contributed by atoms with Gasteiger partial charge in [0.05, 0.1) is 0 Å². The number of anilines is 1. The van der Waals surface area contributed by atoms with E-state index in [1.807, 2.05) is 0 Å². The molecule has 2 atom stereocenters. The molecular formula is C16H25NS. The molecule has 18 heavy (non-hydrogen) atoms. The average Bonchev–Trinajstić information content (AvgIpc) is 2.38. The van der Waals surface area contributed by atoms with Gasteiger partial charge in [-0.2, -0.15) is 12.6 Å². The van der Waals surface area contributed by atoms with E-state index in [1.165, 1.54) is 43.6 Å². The number of nitrogens with zero attached hydrogens (tertiary/aromatic N) is 1. The summed E-state index contributed by atoms with van der Waals surface area (Å²) in [6, 6.07) is 8.89. The smallest absolute Gasteiger partial charge is 0.0399 e. The lowest BCUT2D eigenvalue weighted by molar-refractivity contribution is 0.470. The summed E-state index contributed by atoms with van der Waals surface area (Å²) < 4.78 is 0. The van der Waals surface area contributed by atoms with Crippen molar-refractivity contribution in [2.45, 2.75) is 33.1 Å². The van der Waals surface area contributed by atoms with E-state index < -0.39 is 0 Å². The Kier molecular flexibility index (Phi) is 4.99. The first-order valence-corrected chi connectivity index (χ1v) is 7.81. The Morgan fingerprint density at radius 2 is 2.17 bits per heavy atom. The number of benzene rings is 1. The van der Waals surface area contributed by atoms with Crippen LogP contribution in [-0.4, -0.2) is 18.8 Å². The van der Waals surface area contributed by atoms with Crippen LogP contribution in [0.3, 0.4) is 0 Å². The lowest BCUT2D eigenvalue weighted by Gasteiger charge is -2.37. The molecule has 0 saturated carbocycles. The first-order valence-electron chi connectivity index (χ1n) is 7.18. The summed E-state index contributed by atoms with van der Waals surface area (Å²) >= 11 is 4.52. The third kappa shape index (κ3) is 3.23.